The van der Waals surface area contributed by atoms with Crippen molar-refractivity contribution >= 4 is 5.52 Å². The van der Waals surface area contributed by atoms with Crippen LogP contribution in [0.2, 0.25) is 0 Å². The second-order valence-corrected chi connectivity index (χ2v) is 7.40. The molecule has 0 saturated carbocycles. The number of nitrogens with zero attached hydrogens (tertiary/aromatic N) is 6. The van der Waals surface area contributed by atoms with Crippen molar-refractivity contribution < 1.29 is 17.9 Å². The Morgan fingerprint density at radius 3 is 2.42 bits per heavy atom. The molecule has 31 heavy (non-hydrogen) atoms. The van der Waals surface area contributed by atoms with Crippen LogP contribution in [0.4, 0.5) is 13.2 Å². The molecular weight excluding hydrogens is 413 g/mol. The Bertz CT molecular complexity index is 1320. The van der Waals surface area contributed by atoms with Crippen molar-refractivity contribution in [1.29, 1.82) is 0 Å². The van der Waals surface area contributed by atoms with Crippen molar-refractivity contribution in [3.8, 4) is 22.9 Å². The summed E-state index contributed by atoms with van der Waals surface area (Å²) in [5.41, 5.74) is -0.899. The number of rotatable bonds is 4. The molecule has 0 bridgehead atoms. The zero-order valence-corrected chi connectivity index (χ0v) is 17.2. The third kappa shape index (κ3) is 3.66. The molecule has 0 spiro atoms. The summed E-state index contributed by atoms with van der Waals surface area (Å²) < 4.78 is 49.6. The molecule has 8 nitrogen and oxygen atoms in total. The summed E-state index contributed by atoms with van der Waals surface area (Å²) in [4.78, 5) is 21.0. The smallest absolute Gasteiger partial charge is 0.435 e. The first-order valence-electron chi connectivity index (χ1n) is 9.38. The van der Waals surface area contributed by atoms with Gasteiger partial charge in [-0.05, 0) is 12.1 Å². The Morgan fingerprint density at radius 1 is 1.06 bits per heavy atom. The van der Waals surface area contributed by atoms with Gasteiger partial charge in [0, 0.05) is 26.2 Å². The molecular formula is C20H19F3N6O2. The highest BCUT2D eigenvalue weighted by Gasteiger charge is 2.37. The van der Waals surface area contributed by atoms with E-state index in [1.165, 1.54) is 42.3 Å². The fourth-order valence-corrected chi connectivity index (χ4v) is 3.27. The molecule has 0 radical (unpaired) electrons. The maximum atomic E-state index is 13.2. The van der Waals surface area contributed by atoms with Crippen molar-refractivity contribution in [2.75, 3.05) is 0 Å². The van der Waals surface area contributed by atoms with E-state index in [0.717, 1.165) is 4.68 Å². The lowest BCUT2D eigenvalue weighted by Crippen LogP contribution is -2.20. The maximum absolute atomic E-state index is 13.2. The van der Waals surface area contributed by atoms with E-state index in [4.69, 9.17) is 4.74 Å². The average Bonchev–Trinajstić information content (AvgIpc) is 3.30. The van der Waals surface area contributed by atoms with Gasteiger partial charge in [0.15, 0.2) is 5.69 Å². The molecule has 0 unspecified atom stereocenters. The molecule has 4 aromatic rings. The standard InChI is InChI=1S/C20H19F3N6O2/c1-11(2)18-25-8-15-19(30)28(4)16(10-29(15)18)31-12-5-6-14(24-7-12)13-9-27(3)26-17(13)20(21,22)23/h5-11H,1-4H3. The number of ether oxygens (including phenoxy) is 1. The highest BCUT2D eigenvalue weighted by atomic mass is 19.4. The van der Waals surface area contributed by atoms with Crippen LogP contribution in [0.3, 0.4) is 0 Å². The molecule has 4 aromatic heterocycles. The van der Waals surface area contributed by atoms with Crippen LogP contribution in [0.25, 0.3) is 16.8 Å². The number of hydrogen-bond donors (Lipinski definition) is 0. The number of halogens is 3. The van der Waals surface area contributed by atoms with Gasteiger partial charge in [-0.15, -0.1) is 0 Å². The molecule has 0 aliphatic rings. The van der Waals surface area contributed by atoms with Gasteiger partial charge < -0.3 is 4.74 Å². The van der Waals surface area contributed by atoms with Gasteiger partial charge >= 0.3 is 6.18 Å². The van der Waals surface area contributed by atoms with Gasteiger partial charge in [0.1, 0.15) is 17.1 Å². The third-order valence-electron chi connectivity index (χ3n) is 4.77. The molecule has 0 amide bonds. The fraction of sp³-hybridized carbons (Fsp3) is 0.300. The molecule has 0 aliphatic carbocycles. The molecule has 0 aromatic carbocycles. The summed E-state index contributed by atoms with van der Waals surface area (Å²) >= 11 is 0. The Hall–Kier alpha value is -3.63. The van der Waals surface area contributed by atoms with E-state index in [1.54, 1.807) is 17.6 Å². The van der Waals surface area contributed by atoms with Crippen LogP contribution >= 0.6 is 0 Å². The van der Waals surface area contributed by atoms with Gasteiger partial charge in [-0.2, -0.15) is 18.3 Å². The minimum atomic E-state index is -4.60. The summed E-state index contributed by atoms with van der Waals surface area (Å²) in [5, 5.41) is 3.49. The molecule has 0 fully saturated rings. The Labute approximate surface area is 174 Å². The number of fused-ring (bicyclic) bond motifs is 1. The van der Waals surface area contributed by atoms with Crippen LogP contribution in [0.1, 0.15) is 31.3 Å². The number of imidazole rings is 1. The van der Waals surface area contributed by atoms with Gasteiger partial charge in [0.25, 0.3) is 5.56 Å². The SMILES string of the molecule is CC(C)c1ncc2c(=O)n(C)c(Oc3ccc(-c4cn(C)nc4C(F)(F)F)nc3)cn12. The van der Waals surface area contributed by atoms with Crippen molar-refractivity contribution in [3.05, 3.63) is 58.8 Å². The van der Waals surface area contributed by atoms with Crippen molar-refractivity contribution in [2.45, 2.75) is 25.9 Å². The lowest BCUT2D eigenvalue weighted by molar-refractivity contribution is -0.141. The van der Waals surface area contributed by atoms with Gasteiger partial charge in [0.05, 0.1) is 29.8 Å². The van der Waals surface area contributed by atoms with E-state index in [-0.39, 0.29) is 34.4 Å². The monoisotopic (exact) mass is 432 g/mol. The van der Waals surface area contributed by atoms with Crippen LogP contribution in [0.5, 0.6) is 11.6 Å². The number of hydrogen-bond acceptors (Lipinski definition) is 5. The highest BCUT2D eigenvalue weighted by molar-refractivity contribution is 5.62. The Morgan fingerprint density at radius 2 is 1.81 bits per heavy atom. The average molecular weight is 432 g/mol. The summed E-state index contributed by atoms with van der Waals surface area (Å²) in [5.74, 6) is 1.30. The van der Waals surface area contributed by atoms with E-state index in [1.807, 2.05) is 13.8 Å². The predicted molar refractivity (Wildman–Crippen MR) is 106 cm³/mol. The molecule has 4 heterocycles. The molecule has 162 valence electrons. The van der Waals surface area contributed by atoms with E-state index in [0.29, 0.717) is 11.3 Å². The van der Waals surface area contributed by atoms with Gasteiger partial charge in [-0.3, -0.25) is 23.4 Å². The lowest BCUT2D eigenvalue weighted by Gasteiger charge is -2.12. The van der Waals surface area contributed by atoms with E-state index < -0.39 is 11.9 Å². The third-order valence-corrected chi connectivity index (χ3v) is 4.77. The molecule has 4 rings (SSSR count). The minimum Gasteiger partial charge on any atom is -0.438 e. The Balaban J connectivity index is 1.69. The molecule has 0 saturated heterocycles. The van der Waals surface area contributed by atoms with Gasteiger partial charge in [-0.25, -0.2) is 4.98 Å². The van der Waals surface area contributed by atoms with E-state index in [2.05, 4.69) is 15.1 Å². The summed E-state index contributed by atoms with van der Waals surface area (Å²) in [6, 6.07) is 2.90. The summed E-state index contributed by atoms with van der Waals surface area (Å²) in [7, 11) is 2.97. The first kappa shape index (κ1) is 20.6. The normalized spacial score (nSPS) is 12.1. The number of pyridine rings is 1. The number of aromatic nitrogens is 6. The van der Waals surface area contributed by atoms with Crippen molar-refractivity contribution in [1.82, 2.24) is 28.7 Å². The number of aryl methyl sites for hydroxylation is 1. The quantitative estimate of drug-likeness (QED) is 0.491. The zero-order valence-electron chi connectivity index (χ0n) is 17.2. The second kappa shape index (κ2) is 7.25. The highest BCUT2D eigenvalue weighted by Crippen LogP contribution is 2.35. The topological polar surface area (TPSA) is 79.2 Å². The molecule has 11 heteroatoms. The second-order valence-electron chi connectivity index (χ2n) is 7.40. The summed E-state index contributed by atoms with van der Waals surface area (Å²) in [6.45, 7) is 3.92. The first-order chi connectivity index (χ1) is 14.6. The molecule has 0 atom stereocenters. The molecule has 0 aliphatic heterocycles. The van der Waals surface area contributed by atoms with E-state index >= 15 is 0 Å². The van der Waals surface area contributed by atoms with Crippen molar-refractivity contribution in [3.63, 3.8) is 0 Å². The largest absolute Gasteiger partial charge is 0.438 e. The van der Waals surface area contributed by atoms with Crippen molar-refractivity contribution in [2.24, 2.45) is 14.1 Å². The predicted octanol–water partition coefficient (Wildman–Crippen LogP) is 3.76. The van der Waals surface area contributed by atoms with Gasteiger partial charge in [0.2, 0.25) is 5.88 Å². The van der Waals surface area contributed by atoms with Gasteiger partial charge in [-0.1, -0.05) is 13.8 Å². The minimum absolute atomic E-state index is 0.0886. The molecule has 0 N–H and O–H groups in total. The van der Waals surface area contributed by atoms with Crippen LogP contribution in [0.15, 0.2) is 41.7 Å². The lowest BCUT2D eigenvalue weighted by atomic mass is 10.1. The summed E-state index contributed by atoms with van der Waals surface area (Å²) in [6.07, 6.45) is 1.13. The first-order valence-corrected chi connectivity index (χ1v) is 9.38. The van der Waals surface area contributed by atoms with E-state index in [9.17, 15) is 18.0 Å². The zero-order chi connectivity index (χ0) is 22.5. The maximum Gasteiger partial charge on any atom is 0.435 e. The van der Waals surface area contributed by atoms with Crippen LogP contribution < -0.4 is 10.3 Å². The van der Waals surface area contributed by atoms with Crippen LogP contribution in [-0.2, 0) is 20.3 Å². The number of alkyl halides is 3. The fourth-order valence-electron chi connectivity index (χ4n) is 3.27. The van der Waals surface area contributed by atoms with Crippen LogP contribution in [-0.4, -0.2) is 28.7 Å². The van der Waals surface area contributed by atoms with Crippen LogP contribution in [0, 0.1) is 0 Å². The Kier molecular flexibility index (Phi) is 4.83.